The van der Waals surface area contributed by atoms with Gasteiger partial charge in [0.1, 0.15) is 0 Å². The number of rotatable bonds is 3. The zero-order valence-electron chi connectivity index (χ0n) is 15.2. The summed E-state index contributed by atoms with van der Waals surface area (Å²) in [5, 5.41) is 2.87. The van der Waals surface area contributed by atoms with Crippen LogP contribution in [0, 0.1) is 6.92 Å². The molecule has 0 radical (unpaired) electrons. The number of amides is 1. The highest BCUT2D eigenvalue weighted by atomic mass is 16.7. The molecule has 2 aromatic rings. The standard InChI is InChI=1S/C18H22BN3O3/c1-12-10-13(6-8-20-12)16(23)22-14-7-9-21-15(11-14)19-24-17(2,3)18(4,5)25-19/h6-11H,1-5H3,(H,21,22,23). The van der Waals surface area contributed by atoms with E-state index in [0.717, 1.165) is 5.69 Å². The molecule has 0 saturated carbocycles. The largest absolute Gasteiger partial charge is 0.514 e. The zero-order chi connectivity index (χ0) is 18.2. The number of hydrogen-bond donors (Lipinski definition) is 1. The van der Waals surface area contributed by atoms with Crippen LogP contribution < -0.4 is 10.9 Å². The van der Waals surface area contributed by atoms with E-state index in [9.17, 15) is 4.79 Å². The Bertz CT molecular complexity index is 792. The molecular weight excluding hydrogens is 317 g/mol. The molecule has 7 heteroatoms. The maximum Gasteiger partial charge on any atom is 0.514 e. The van der Waals surface area contributed by atoms with Crippen molar-refractivity contribution in [2.24, 2.45) is 0 Å². The average Bonchev–Trinajstić information content (AvgIpc) is 2.76. The number of nitrogens with one attached hydrogen (secondary N) is 1. The molecule has 0 aromatic carbocycles. The number of carbonyl (C=O) groups is 1. The van der Waals surface area contributed by atoms with Gasteiger partial charge in [-0.15, -0.1) is 0 Å². The smallest absolute Gasteiger partial charge is 0.398 e. The van der Waals surface area contributed by atoms with Crippen LogP contribution in [0.1, 0.15) is 43.7 Å². The third-order valence-corrected chi connectivity index (χ3v) is 4.69. The minimum atomic E-state index is -0.565. The molecule has 1 saturated heterocycles. The Morgan fingerprint density at radius 3 is 2.32 bits per heavy atom. The SMILES string of the molecule is Cc1cc(C(=O)Nc2ccnc(B3OC(C)(C)C(C)(C)O3)c2)ccn1. The first-order valence-electron chi connectivity index (χ1n) is 8.23. The average molecular weight is 339 g/mol. The Morgan fingerprint density at radius 2 is 1.68 bits per heavy atom. The van der Waals surface area contributed by atoms with Gasteiger partial charge in [0, 0.05) is 29.3 Å². The fraction of sp³-hybridized carbons (Fsp3) is 0.389. The maximum atomic E-state index is 12.4. The Labute approximate surface area is 148 Å². The number of nitrogens with zero attached hydrogens (tertiary/aromatic N) is 2. The molecule has 130 valence electrons. The van der Waals surface area contributed by atoms with Crippen LogP contribution in [0.2, 0.25) is 0 Å². The van der Waals surface area contributed by atoms with Gasteiger partial charge in [-0.1, -0.05) is 0 Å². The van der Waals surface area contributed by atoms with Crippen molar-refractivity contribution in [3.63, 3.8) is 0 Å². The van der Waals surface area contributed by atoms with Crippen molar-refractivity contribution >= 4 is 24.3 Å². The van der Waals surface area contributed by atoms with E-state index in [1.54, 1.807) is 36.7 Å². The van der Waals surface area contributed by atoms with Gasteiger partial charge in [-0.05, 0) is 58.9 Å². The number of carbonyl (C=O) groups excluding carboxylic acids is 1. The van der Waals surface area contributed by atoms with Crippen molar-refractivity contribution in [2.75, 3.05) is 5.32 Å². The van der Waals surface area contributed by atoms with E-state index in [2.05, 4.69) is 15.3 Å². The van der Waals surface area contributed by atoms with Crippen molar-refractivity contribution in [3.05, 3.63) is 47.9 Å². The summed E-state index contributed by atoms with van der Waals surface area (Å²) in [5.74, 6) is -0.198. The van der Waals surface area contributed by atoms with E-state index in [0.29, 0.717) is 16.8 Å². The molecule has 1 aliphatic rings. The van der Waals surface area contributed by atoms with Crippen LogP contribution in [0.15, 0.2) is 36.7 Å². The van der Waals surface area contributed by atoms with Crippen LogP contribution in [0.25, 0.3) is 0 Å². The monoisotopic (exact) mass is 339 g/mol. The van der Waals surface area contributed by atoms with E-state index in [4.69, 9.17) is 9.31 Å². The minimum absolute atomic E-state index is 0.198. The van der Waals surface area contributed by atoms with E-state index in [1.807, 2.05) is 34.6 Å². The number of pyridine rings is 2. The third kappa shape index (κ3) is 3.57. The van der Waals surface area contributed by atoms with Crippen LogP contribution in [-0.4, -0.2) is 34.2 Å². The summed E-state index contributed by atoms with van der Waals surface area (Å²) in [6.45, 7) is 9.81. The third-order valence-electron chi connectivity index (χ3n) is 4.69. The molecule has 0 spiro atoms. The van der Waals surface area contributed by atoms with Crippen molar-refractivity contribution in [1.29, 1.82) is 0 Å². The van der Waals surface area contributed by atoms with Crippen molar-refractivity contribution in [3.8, 4) is 0 Å². The molecule has 2 aromatic heterocycles. The second-order valence-electron chi connectivity index (χ2n) is 7.20. The van der Waals surface area contributed by atoms with Gasteiger partial charge < -0.3 is 14.6 Å². The van der Waals surface area contributed by atoms with Crippen molar-refractivity contribution in [2.45, 2.75) is 45.8 Å². The molecule has 1 N–H and O–H groups in total. The predicted octanol–water partition coefficient (Wildman–Crippen LogP) is 2.34. The van der Waals surface area contributed by atoms with E-state index < -0.39 is 18.3 Å². The van der Waals surface area contributed by atoms with Gasteiger partial charge in [-0.2, -0.15) is 0 Å². The summed E-state index contributed by atoms with van der Waals surface area (Å²) in [6, 6.07) is 6.93. The molecule has 1 amide bonds. The van der Waals surface area contributed by atoms with Crippen LogP contribution in [0.3, 0.4) is 0 Å². The highest BCUT2D eigenvalue weighted by Crippen LogP contribution is 2.36. The van der Waals surface area contributed by atoms with Gasteiger partial charge in [0.15, 0.2) is 0 Å². The molecule has 0 aliphatic carbocycles. The first-order chi connectivity index (χ1) is 11.7. The first-order valence-corrected chi connectivity index (χ1v) is 8.23. The van der Waals surface area contributed by atoms with Gasteiger partial charge in [-0.25, -0.2) is 0 Å². The lowest BCUT2D eigenvalue weighted by molar-refractivity contribution is 0.00578. The molecule has 6 nitrogen and oxygen atoms in total. The molecule has 0 bridgehead atoms. The van der Waals surface area contributed by atoms with Crippen LogP contribution >= 0.6 is 0 Å². The van der Waals surface area contributed by atoms with Gasteiger partial charge in [-0.3, -0.25) is 14.8 Å². The van der Waals surface area contributed by atoms with E-state index in [-0.39, 0.29) is 5.91 Å². The summed E-state index contributed by atoms with van der Waals surface area (Å²) in [7, 11) is -0.565. The summed E-state index contributed by atoms with van der Waals surface area (Å²) in [6.07, 6.45) is 3.25. The molecule has 1 aliphatic heterocycles. The quantitative estimate of drug-likeness (QED) is 0.869. The molecule has 3 heterocycles. The fourth-order valence-corrected chi connectivity index (χ4v) is 2.51. The van der Waals surface area contributed by atoms with Crippen LogP contribution in [0.4, 0.5) is 5.69 Å². The van der Waals surface area contributed by atoms with E-state index in [1.165, 1.54) is 0 Å². The lowest BCUT2D eigenvalue weighted by atomic mass is 9.84. The molecule has 1 fully saturated rings. The second kappa shape index (κ2) is 6.24. The van der Waals surface area contributed by atoms with Gasteiger partial charge in [0.25, 0.3) is 5.91 Å². The summed E-state index contributed by atoms with van der Waals surface area (Å²) >= 11 is 0. The maximum absolute atomic E-state index is 12.4. The summed E-state index contributed by atoms with van der Waals surface area (Å²) in [4.78, 5) is 20.8. The highest BCUT2D eigenvalue weighted by molar-refractivity contribution is 6.61. The highest BCUT2D eigenvalue weighted by Gasteiger charge is 2.52. The number of aromatic nitrogens is 2. The van der Waals surface area contributed by atoms with E-state index >= 15 is 0 Å². The Morgan fingerprint density at radius 1 is 1.04 bits per heavy atom. The van der Waals surface area contributed by atoms with Crippen LogP contribution in [0.5, 0.6) is 0 Å². The molecular formula is C18H22BN3O3. The number of hydrogen-bond acceptors (Lipinski definition) is 5. The lowest BCUT2D eigenvalue weighted by Gasteiger charge is -2.32. The topological polar surface area (TPSA) is 73.3 Å². The minimum Gasteiger partial charge on any atom is -0.398 e. The van der Waals surface area contributed by atoms with Gasteiger partial charge in [0.05, 0.1) is 16.8 Å². The first kappa shape index (κ1) is 17.6. The molecule has 0 unspecified atom stereocenters. The molecule has 3 rings (SSSR count). The normalized spacial score (nSPS) is 18.2. The lowest BCUT2D eigenvalue weighted by Crippen LogP contribution is -2.41. The summed E-state index contributed by atoms with van der Waals surface area (Å²) in [5.41, 5.74) is 1.74. The van der Waals surface area contributed by atoms with Crippen LogP contribution in [-0.2, 0) is 9.31 Å². The van der Waals surface area contributed by atoms with Gasteiger partial charge in [0.2, 0.25) is 0 Å². The summed E-state index contributed by atoms with van der Waals surface area (Å²) < 4.78 is 12.0. The molecule has 25 heavy (non-hydrogen) atoms. The predicted molar refractivity (Wildman–Crippen MR) is 96.9 cm³/mol. The van der Waals surface area contributed by atoms with Gasteiger partial charge >= 0.3 is 7.12 Å². The Balaban J connectivity index is 1.78. The fourth-order valence-electron chi connectivity index (χ4n) is 2.51. The second-order valence-corrected chi connectivity index (χ2v) is 7.20. The Kier molecular flexibility index (Phi) is 4.39. The van der Waals surface area contributed by atoms with Crippen molar-refractivity contribution < 1.29 is 14.1 Å². The molecule has 0 atom stereocenters. The Hall–Kier alpha value is -2.25. The zero-order valence-corrected chi connectivity index (χ0v) is 15.2. The van der Waals surface area contributed by atoms with Crippen molar-refractivity contribution in [1.82, 2.24) is 9.97 Å². The number of anilines is 1. The number of aryl methyl sites for hydroxylation is 1.